The van der Waals surface area contributed by atoms with E-state index >= 15 is 8.78 Å². The Bertz CT molecular complexity index is 1610. The summed E-state index contributed by atoms with van der Waals surface area (Å²) < 4.78 is 291. The van der Waals surface area contributed by atoms with Crippen molar-refractivity contribution in [3.05, 3.63) is 0 Å². The van der Waals surface area contributed by atoms with Gasteiger partial charge < -0.3 is 67.3 Å². The molecule has 0 fully saturated rings. The number of carbonyl (C=O) groups excluding carboxylic acids is 1. The number of carbonyl (C=O) groups is 1. The molecule has 0 aromatic carbocycles. The number of alkyl halides is 14. The normalized spacial score (nSPS) is 14.5. The van der Waals surface area contributed by atoms with E-state index in [4.69, 9.17) is 62.6 Å². The van der Waals surface area contributed by atoms with Crippen molar-refractivity contribution < 1.29 is 148 Å². The lowest BCUT2D eigenvalue weighted by Gasteiger charge is -2.37. The van der Waals surface area contributed by atoms with Gasteiger partial charge in [-0.15, -0.1) is 8.78 Å². The Kier molecular flexibility index (Phi) is 33.4. The van der Waals surface area contributed by atoms with E-state index in [9.17, 15) is 57.5 Å². The largest absolute Gasteiger partial charge is 0.500 e. The smallest absolute Gasteiger partial charge is 0.456 e. The maximum absolute atomic E-state index is 15.3. The minimum Gasteiger partial charge on any atom is -0.456 e. The van der Waals surface area contributed by atoms with E-state index < -0.39 is 141 Å². The maximum atomic E-state index is 15.3. The van der Waals surface area contributed by atoms with Crippen molar-refractivity contribution in [2.45, 2.75) is 150 Å². The molecule has 0 heterocycles. The van der Waals surface area contributed by atoms with Gasteiger partial charge in [-0.05, 0) is 51.4 Å². The second-order valence-electron chi connectivity index (χ2n) is 17.7. The Morgan fingerprint density at radius 1 is 0.392 bits per heavy atom. The van der Waals surface area contributed by atoms with Crippen molar-refractivity contribution in [3.8, 4) is 0 Å². The fraction of sp³-hybridized carbons (Fsp3) is 0.976. The van der Waals surface area contributed by atoms with Crippen molar-refractivity contribution in [1.29, 1.82) is 0 Å². The third-order valence-corrected chi connectivity index (χ3v) is 23.5. The lowest BCUT2D eigenvalue weighted by atomic mass is 9.92. The highest BCUT2D eigenvalue weighted by atomic mass is 28.4. The van der Waals surface area contributed by atoms with Crippen LogP contribution in [0, 0.1) is 5.92 Å². The van der Waals surface area contributed by atoms with Crippen molar-refractivity contribution in [1.82, 2.24) is 0 Å². The third kappa shape index (κ3) is 28.4. The molecule has 0 aromatic rings. The first kappa shape index (κ1) is 77.7. The van der Waals surface area contributed by atoms with Crippen LogP contribution in [-0.4, -0.2) is 201 Å². The van der Waals surface area contributed by atoms with E-state index in [0.29, 0.717) is 6.92 Å². The van der Waals surface area contributed by atoms with Gasteiger partial charge in [0.2, 0.25) is 0 Å². The van der Waals surface area contributed by atoms with E-state index in [0.717, 1.165) is 0 Å². The number of rotatable bonds is 49. The first-order valence-corrected chi connectivity index (χ1v) is 31.8. The number of ether oxygens (including phenoxy) is 6. The molecular formula is C42H78F14O19Si4. The molecule has 0 aromatic heterocycles. The van der Waals surface area contributed by atoms with Gasteiger partial charge in [0.1, 0.15) is 31.8 Å². The van der Waals surface area contributed by atoms with Crippen molar-refractivity contribution >= 4 is 41.2 Å². The third-order valence-electron chi connectivity index (χ3n) is 12.1. The Balaban J connectivity index is 6.99. The maximum Gasteiger partial charge on any atom is 0.500 e. The summed E-state index contributed by atoms with van der Waals surface area (Å²) in [6.45, 7) is -7.39. The molecule has 0 amide bonds. The summed E-state index contributed by atoms with van der Waals surface area (Å²) in [5.41, 5.74) is -2.01. The van der Waals surface area contributed by atoms with Crippen LogP contribution in [0.4, 0.5) is 61.5 Å². The number of hydrogen-bond acceptors (Lipinski definition) is 19. The number of hydrogen-bond donors (Lipinski definition) is 0. The minimum atomic E-state index is -6.19. The minimum absolute atomic E-state index is 0.000382. The fourth-order valence-corrected chi connectivity index (χ4v) is 14.9. The topological polar surface area (TPSA) is 183 Å². The van der Waals surface area contributed by atoms with Crippen LogP contribution in [0.5, 0.6) is 0 Å². The molecule has 0 atom stereocenters. The van der Waals surface area contributed by atoms with E-state index in [1.54, 1.807) is 0 Å². The average molecular weight is 1270 g/mol. The molecule has 0 bridgehead atoms. The van der Waals surface area contributed by atoms with Crippen LogP contribution >= 0.6 is 0 Å². The molecule has 0 aliphatic carbocycles. The molecule has 0 radical (unpaired) electrons. The SMILES string of the molecule is CCC(F)(F)OC(F)(F)COCC(F)(F)CC(F)(F)CC(F)(F)OC(F)(F)OC(F)(F)COCC(CCC[Si](OC)(OC)OC)(CCC[Si](OC)(OC)OC)OC(=O)C(CCC[Si](OC)(OC)OC)CCC[Si](OC)(OC)OC. The number of esters is 1. The molecular weight excluding hydrogens is 1190 g/mol. The summed E-state index contributed by atoms with van der Waals surface area (Å²) in [6, 6.07) is 0.411. The summed E-state index contributed by atoms with van der Waals surface area (Å²) in [5, 5.41) is 0. The summed E-state index contributed by atoms with van der Waals surface area (Å²) in [7, 11) is 2.71. The molecule has 0 aliphatic rings. The van der Waals surface area contributed by atoms with Gasteiger partial charge in [0.05, 0.1) is 18.9 Å². The zero-order valence-corrected chi connectivity index (χ0v) is 50.6. The molecule has 37 heteroatoms. The van der Waals surface area contributed by atoms with E-state index in [1.807, 2.05) is 0 Å². The highest BCUT2D eigenvalue weighted by molar-refractivity contribution is 6.61. The quantitative estimate of drug-likeness (QED) is 0.0242. The second-order valence-corrected chi connectivity index (χ2v) is 30.1. The van der Waals surface area contributed by atoms with Gasteiger partial charge in [0.15, 0.2) is 0 Å². The predicted molar refractivity (Wildman–Crippen MR) is 255 cm³/mol. The van der Waals surface area contributed by atoms with Crippen LogP contribution in [0.1, 0.15) is 77.6 Å². The van der Waals surface area contributed by atoms with Gasteiger partial charge in [-0.25, -0.2) is 27.0 Å². The summed E-state index contributed by atoms with van der Waals surface area (Å²) in [4.78, 5) is 14.6. The lowest BCUT2D eigenvalue weighted by molar-refractivity contribution is -0.519. The van der Waals surface area contributed by atoms with Crippen molar-refractivity contribution in [2.75, 3.05) is 112 Å². The second kappa shape index (κ2) is 34.0. The summed E-state index contributed by atoms with van der Waals surface area (Å²) >= 11 is 0. The molecule has 0 saturated heterocycles. The molecule has 19 nitrogen and oxygen atoms in total. The van der Waals surface area contributed by atoms with Gasteiger partial charge in [-0.1, -0.05) is 6.92 Å². The Morgan fingerprint density at radius 2 is 0.722 bits per heavy atom. The zero-order chi connectivity index (χ0) is 61.3. The number of halogens is 14. The molecule has 0 unspecified atom stereocenters. The van der Waals surface area contributed by atoms with Crippen LogP contribution in [0.3, 0.4) is 0 Å². The highest BCUT2D eigenvalue weighted by Gasteiger charge is 2.58. The highest BCUT2D eigenvalue weighted by Crippen LogP contribution is 2.43. The Hall–Kier alpha value is -1.32. The standard InChI is InChI=1S/C42H78F14O19Si4/c1-14-38(47,48)73-40(51,52)31-71-30-37(45,46)27-36(43,44)28-39(49,50)74-42(55,56)75-41(53,54)32-70-29-35(21-17-25-78(64-8,65-9)66-10,22-18-26-79(67-11,68-12)69-13)72-34(57)33(19-15-23-76(58-2,59-3)60-4)20-16-24-77(61-5,62-6)63-7/h33H,14-32H2,1-13H3. The monoisotopic (exact) mass is 1260 g/mol. The first-order valence-electron chi connectivity index (χ1n) is 24.1. The molecule has 79 heavy (non-hydrogen) atoms. The van der Waals surface area contributed by atoms with Crippen LogP contribution in [-0.2, 0) is 86.3 Å². The summed E-state index contributed by atoms with van der Waals surface area (Å²) in [5.74, 6) is -12.4. The molecule has 0 rings (SSSR count). The summed E-state index contributed by atoms with van der Waals surface area (Å²) in [6.07, 6.45) is -34.5. The van der Waals surface area contributed by atoms with Gasteiger partial charge in [-0.2, -0.15) is 35.1 Å². The van der Waals surface area contributed by atoms with Gasteiger partial charge in [-0.3, -0.25) is 9.53 Å². The van der Waals surface area contributed by atoms with Crippen LogP contribution in [0.25, 0.3) is 0 Å². The van der Waals surface area contributed by atoms with Gasteiger partial charge in [0, 0.05) is 116 Å². The van der Waals surface area contributed by atoms with Gasteiger partial charge in [0.25, 0.3) is 11.8 Å². The molecule has 0 N–H and O–H groups in total. The van der Waals surface area contributed by atoms with Gasteiger partial charge >= 0.3 is 71.9 Å². The predicted octanol–water partition coefficient (Wildman–Crippen LogP) is 9.98. The van der Waals surface area contributed by atoms with Crippen LogP contribution in [0.15, 0.2) is 0 Å². The van der Waals surface area contributed by atoms with E-state index in [2.05, 4.69) is 18.9 Å². The van der Waals surface area contributed by atoms with Crippen molar-refractivity contribution in [3.63, 3.8) is 0 Å². The molecule has 0 aliphatic heterocycles. The molecule has 474 valence electrons. The Labute approximate surface area is 455 Å². The lowest BCUT2D eigenvalue weighted by Crippen LogP contribution is -2.47. The van der Waals surface area contributed by atoms with Crippen molar-refractivity contribution in [2.24, 2.45) is 5.92 Å². The fourth-order valence-electron chi connectivity index (χ4n) is 7.91. The molecule has 0 saturated carbocycles. The zero-order valence-electron chi connectivity index (χ0n) is 46.6. The molecule has 0 spiro atoms. The average Bonchev–Trinajstić information content (AvgIpc) is 3.34. The van der Waals surface area contributed by atoms with E-state index in [1.165, 1.54) is 85.3 Å². The Morgan fingerprint density at radius 3 is 1.08 bits per heavy atom. The van der Waals surface area contributed by atoms with E-state index in [-0.39, 0.29) is 75.5 Å². The first-order chi connectivity index (χ1) is 36.3. The van der Waals surface area contributed by atoms with Crippen LogP contribution in [0.2, 0.25) is 24.2 Å². The van der Waals surface area contributed by atoms with Crippen LogP contribution < -0.4 is 0 Å².